The van der Waals surface area contributed by atoms with Gasteiger partial charge >= 0.3 is 0 Å². The van der Waals surface area contributed by atoms with E-state index in [1.807, 2.05) is 17.9 Å². The number of nitrogens with one attached hydrogen (secondary N) is 1. The van der Waals surface area contributed by atoms with Gasteiger partial charge in [-0.15, -0.1) is 0 Å². The van der Waals surface area contributed by atoms with Crippen molar-refractivity contribution < 1.29 is 0 Å². The van der Waals surface area contributed by atoms with Crippen LogP contribution in [0.3, 0.4) is 0 Å². The molecular formula is C13H25N3. The lowest BCUT2D eigenvalue weighted by molar-refractivity contribution is 0.308. The number of rotatable bonds is 5. The standard InChI is InChI=1S/C13H25N3/c1-13(2,3)8-12(14-4)7-6-11-9-15-16(5)10-11/h9-10,12,14H,6-8H2,1-5H3. The summed E-state index contributed by atoms with van der Waals surface area (Å²) >= 11 is 0. The summed E-state index contributed by atoms with van der Waals surface area (Å²) in [5, 5.41) is 7.60. The molecule has 3 nitrogen and oxygen atoms in total. The predicted octanol–water partition coefficient (Wildman–Crippen LogP) is 2.38. The first-order valence-corrected chi connectivity index (χ1v) is 6.05. The average Bonchev–Trinajstić information content (AvgIpc) is 2.57. The van der Waals surface area contributed by atoms with Crippen LogP contribution in [0.2, 0.25) is 0 Å². The molecule has 1 heterocycles. The highest BCUT2D eigenvalue weighted by Gasteiger charge is 2.17. The van der Waals surface area contributed by atoms with E-state index in [1.54, 1.807) is 0 Å². The summed E-state index contributed by atoms with van der Waals surface area (Å²) in [7, 11) is 4.02. The zero-order valence-electron chi connectivity index (χ0n) is 11.2. The molecule has 0 fully saturated rings. The van der Waals surface area contributed by atoms with E-state index in [4.69, 9.17) is 0 Å². The molecule has 1 aromatic heterocycles. The minimum Gasteiger partial charge on any atom is -0.317 e. The fourth-order valence-corrected chi connectivity index (χ4v) is 2.03. The number of hydrogen-bond donors (Lipinski definition) is 1. The molecule has 16 heavy (non-hydrogen) atoms. The van der Waals surface area contributed by atoms with Gasteiger partial charge in [0.2, 0.25) is 0 Å². The van der Waals surface area contributed by atoms with Crippen molar-refractivity contribution in [1.82, 2.24) is 15.1 Å². The second-order valence-electron chi connectivity index (χ2n) is 5.81. The fraction of sp³-hybridized carbons (Fsp3) is 0.769. The minimum atomic E-state index is 0.391. The van der Waals surface area contributed by atoms with E-state index >= 15 is 0 Å². The van der Waals surface area contributed by atoms with E-state index in [9.17, 15) is 0 Å². The summed E-state index contributed by atoms with van der Waals surface area (Å²) in [5.74, 6) is 0. The van der Waals surface area contributed by atoms with Crippen LogP contribution in [0, 0.1) is 5.41 Å². The first-order valence-electron chi connectivity index (χ1n) is 6.05. The maximum atomic E-state index is 4.19. The van der Waals surface area contributed by atoms with E-state index in [2.05, 4.69) is 44.4 Å². The van der Waals surface area contributed by atoms with Crippen LogP contribution < -0.4 is 5.32 Å². The monoisotopic (exact) mass is 223 g/mol. The van der Waals surface area contributed by atoms with Crippen molar-refractivity contribution >= 4 is 0 Å². The Bertz CT molecular complexity index is 309. The van der Waals surface area contributed by atoms with E-state index in [-0.39, 0.29) is 0 Å². The lowest BCUT2D eigenvalue weighted by Crippen LogP contribution is -2.30. The van der Waals surface area contributed by atoms with E-state index in [0.717, 1.165) is 6.42 Å². The fourth-order valence-electron chi connectivity index (χ4n) is 2.03. The van der Waals surface area contributed by atoms with Gasteiger partial charge in [-0.05, 0) is 37.3 Å². The lowest BCUT2D eigenvalue weighted by Gasteiger charge is -2.25. The number of hydrogen-bond acceptors (Lipinski definition) is 2. The number of aryl methyl sites for hydroxylation is 2. The summed E-state index contributed by atoms with van der Waals surface area (Å²) in [5.41, 5.74) is 1.72. The Morgan fingerprint density at radius 1 is 1.44 bits per heavy atom. The smallest absolute Gasteiger partial charge is 0.0521 e. The van der Waals surface area contributed by atoms with Crippen molar-refractivity contribution in [1.29, 1.82) is 0 Å². The summed E-state index contributed by atoms with van der Waals surface area (Å²) in [6.45, 7) is 6.88. The lowest BCUT2D eigenvalue weighted by atomic mass is 9.86. The molecule has 0 radical (unpaired) electrons. The molecule has 1 N–H and O–H groups in total. The molecule has 1 rings (SSSR count). The molecule has 0 aliphatic rings. The van der Waals surface area contributed by atoms with Gasteiger partial charge in [0, 0.05) is 19.3 Å². The molecule has 0 aromatic carbocycles. The predicted molar refractivity (Wildman–Crippen MR) is 68.4 cm³/mol. The molecule has 1 unspecified atom stereocenters. The minimum absolute atomic E-state index is 0.391. The normalized spacial score (nSPS) is 14.1. The van der Waals surface area contributed by atoms with Crippen molar-refractivity contribution in [3.8, 4) is 0 Å². The molecule has 92 valence electrons. The first kappa shape index (κ1) is 13.2. The first-order chi connectivity index (χ1) is 7.40. The molecule has 0 aliphatic carbocycles. The largest absolute Gasteiger partial charge is 0.317 e. The van der Waals surface area contributed by atoms with Gasteiger partial charge in [0.15, 0.2) is 0 Å². The van der Waals surface area contributed by atoms with Gasteiger partial charge in [0.1, 0.15) is 0 Å². The summed E-state index contributed by atoms with van der Waals surface area (Å²) in [6, 6.07) is 0.597. The highest BCUT2D eigenvalue weighted by atomic mass is 15.2. The molecule has 1 aromatic rings. The molecule has 0 saturated heterocycles. The molecule has 0 spiro atoms. The van der Waals surface area contributed by atoms with Crippen LogP contribution in [0.1, 0.15) is 39.2 Å². The Kier molecular flexibility index (Phi) is 4.54. The van der Waals surface area contributed by atoms with Gasteiger partial charge in [-0.2, -0.15) is 5.10 Å². The summed E-state index contributed by atoms with van der Waals surface area (Å²) < 4.78 is 1.87. The van der Waals surface area contributed by atoms with E-state index < -0.39 is 0 Å². The Morgan fingerprint density at radius 3 is 2.56 bits per heavy atom. The van der Waals surface area contributed by atoms with E-state index in [0.29, 0.717) is 11.5 Å². The van der Waals surface area contributed by atoms with Gasteiger partial charge < -0.3 is 5.32 Å². The maximum Gasteiger partial charge on any atom is 0.0521 e. The third-order valence-electron chi connectivity index (χ3n) is 2.81. The van der Waals surface area contributed by atoms with Crippen molar-refractivity contribution in [2.75, 3.05) is 7.05 Å². The summed E-state index contributed by atoms with van der Waals surface area (Å²) in [6.07, 6.45) is 7.56. The molecule has 0 bridgehead atoms. The third-order valence-corrected chi connectivity index (χ3v) is 2.81. The van der Waals surface area contributed by atoms with Gasteiger partial charge in [-0.1, -0.05) is 20.8 Å². The molecule has 0 aliphatic heterocycles. The quantitative estimate of drug-likeness (QED) is 0.830. The van der Waals surface area contributed by atoms with Crippen molar-refractivity contribution in [2.45, 2.75) is 46.1 Å². The van der Waals surface area contributed by atoms with Crippen LogP contribution in [0.5, 0.6) is 0 Å². The Labute approximate surface area is 99.2 Å². The Hall–Kier alpha value is -0.830. The Morgan fingerprint density at radius 2 is 2.12 bits per heavy atom. The Balaban J connectivity index is 2.40. The second-order valence-corrected chi connectivity index (χ2v) is 5.81. The van der Waals surface area contributed by atoms with Crippen LogP contribution in [-0.2, 0) is 13.5 Å². The van der Waals surface area contributed by atoms with Crippen molar-refractivity contribution in [2.24, 2.45) is 12.5 Å². The molecule has 0 saturated carbocycles. The third kappa shape index (κ3) is 4.79. The SMILES string of the molecule is CNC(CCc1cnn(C)c1)CC(C)(C)C. The van der Waals surface area contributed by atoms with Crippen molar-refractivity contribution in [3.05, 3.63) is 18.0 Å². The highest BCUT2D eigenvalue weighted by Crippen LogP contribution is 2.22. The molecule has 3 heteroatoms. The average molecular weight is 223 g/mol. The van der Waals surface area contributed by atoms with Gasteiger partial charge in [0.25, 0.3) is 0 Å². The highest BCUT2D eigenvalue weighted by molar-refractivity contribution is 5.04. The van der Waals surface area contributed by atoms with Crippen molar-refractivity contribution in [3.63, 3.8) is 0 Å². The maximum absolute atomic E-state index is 4.19. The van der Waals surface area contributed by atoms with Gasteiger partial charge in [0.05, 0.1) is 6.20 Å². The second kappa shape index (κ2) is 5.48. The van der Waals surface area contributed by atoms with Crippen LogP contribution in [0.4, 0.5) is 0 Å². The van der Waals surface area contributed by atoms with Crippen LogP contribution >= 0.6 is 0 Å². The topological polar surface area (TPSA) is 29.9 Å². The summed E-state index contributed by atoms with van der Waals surface area (Å²) in [4.78, 5) is 0. The zero-order valence-corrected chi connectivity index (χ0v) is 11.2. The number of aromatic nitrogens is 2. The van der Waals surface area contributed by atoms with Gasteiger partial charge in [-0.25, -0.2) is 0 Å². The number of nitrogens with zero attached hydrogens (tertiary/aromatic N) is 2. The van der Waals surface area contributed by atoms with Crippen LogP contribution in [0.15, 0.2) is 12.4 Å². The van der Waals surface area contributed by atoms with Gasteiger partial charge in [-0.3, -0.25) is 4.68 Å². The van der Waals surface area contributed by atoms with E-state index in [1.165, 1.54) is 18.4 Å². The van der Waals surface area contributed by atoms with Crippen LogP contribution in [-0.4, -0.2) is 22.9 Å². The molecule has 1 atom stereocenters. The molecular weight excluding hydrogens is 198 g/mol. The molecule has 0 amide bonds. The zero-order chi connectivity index (χ0) is 12.2. The van der Waals surface area contributed by atoms with Crippen LogP contribution in [0.25, 0.3) is 0 Å².